The number of urea groups is 1. The Morgan fingerprint density at radius 3 is 2.72 bits per heavy atom. The van der Waals surface area contributed by atoms with Gasteiger partial charge < -0.3 is 19.8 Å². The molecule has 3 aromatic rings. The predicted octanol–water partition coefficient (Wildman–Crippen LogP) is 4.53. The van der Waals surface area contributed by atoms with Crippen molar-refractivity contribution in [1.29, 1.82) is 0 Å². The van der Waals surface area contributed by atoms with Crippen LogP contribution in [0.15, 0.2) is 68.3 Å². The maximum absolute atomic E-state index is 13.3. The van der Waals surface area contributed by atoms with Gasteiger partial charge in [-0.3, -0.25) is 9.36 Å². The summed E-state index contributed by atoms with van der Waals surface area (Å²) in [4.78, 5) is 43.5. The van der Waals surface area contributed by atoms with Crippen LogP contribution in [0.1, 0.15) is 51.3 Å². The van der Waals surface area contributed by atoms with Crippen molar-refractivity contribution in [1.82, 2.24) is 20.2 Å². The number of rotatable bonds is 11. The summed E-state index contributed by atoms with van der Waals surface area (Å²) in [6, 6.07) is 9.41. The summed E-state index contributed by atoms with van der Waals surface area (Å²) >= 11 is 1.30. The molecule has 9 nitrogen and oxygen atoms in total. The second-order valence-corrected chi connectivity index (χ2v) is 9.32. The number of ether oxygens (including phenoxy) is 1. The van der Waals surface area contributed by atoms with E-state index in [2.05, 4.69) is 17.6 Å². The van der Waals surface area contributed by atoms with Crippen LogP contribution >= 0.6 is 11.8 Å². The van der Waals surface area contributed by atoms with Gasteiger partial charge in [-0.2, -0.15) is 0 Å². The highest BCUT2D eigenvalue weighted by molar-refractivity contribution is 7.99. The van der Waals surface area contributed by atoms with E-state index < -0.39 is 18.0 Å². The Balaban J connectivity index is 1.70. The first-order valence-corrected chi connectivity index (χ1v) is 13.2. The van der Waals surface area contributed by atoms with E-state index >= 15 is 0 Å². The van der Waals surface area contributed by atoms with Crippen molar-refractivity contribution in [2.75, 3.05) is 12.4 Å². The van der Waals surface area contributed by atoms with Crippen LogP contribution in [0.5, 0.6) is 0 Å². The lowest BCUT2D eigenvalue weighted by molar-refractivity contribution is -0.139. The second kappa shape index (κ2) is 11.9. The number of hydrogen-bond donors (Lipinski definition) is 2. The van der Waals surface area contributed by atoms with Gasteiger partial charge in [-0.1, -0.05) is 50.1 Å². The van der Waals surface area contributed by atoms with E-state index in [-0.39, 0.29) is 23.5 Å². The molecule has 10 heteroatoms. The van der Waals surface area contributed by atoms with Crippen molar-refractivity contribution in [2.45, 2.75) is 57.3 Å². The van der Waals surface area contributed by atoms with E-state index in [0.717, 1.165) is 25.7 Å². The minimum Gasteiger partial charge on any atom is -0.467 e. The quantitative estimate of drug-likeness (QED) is 0.168. The molecule has 0 spiro atoms. The van der Waals surface area contributed by atoms with E-state index in [9.17, 15) is 14.4 Å². The Bertz CT molecular complexity index is 1320. The van der Waals surface area contributed by atoms with Gasteiger partial charge in [0, 0.05) is 18.0 Å². The number of aromatic nitrogens is 2. The number of fused-ring (bicyclic) bond motifs is 1. The number of esters is 1. The van der Waals surface area contributed by atoms with Crippen LogP contribution in [0.3, 0.4) is 0 Å². The molecule has 3 heterocycles. The largest absolute Gasteiger partial charge is 0.467 e. The molecule has 1 aliphatic rings. The van der Waals surface area contributed by atoms with Gasteiger partial charge in [0.15, 0.2) is 5.16 Å². The number of nitrogens with one attached hydrogen (secondary N) is 2. The van der Waals surface area contributed by atoms with Crippen LogP contribution in [-0.4, -0.2) is 33.9 Å². The number of unbranched alkanes of at least 4 members (excludes halogenated alkanes) is 3. The fourth-order valence-electron chi connectivity index (χ4n) is 4.14. The first-order chi connectivity index (χ1) is 17.5. The molecule has 0 radical (unpaired) electrons. The molecule has 2 N–H and O–H groups in total. The molecule has 2 amide bonds. The number of hydrogen-bond acceptors (Lipinski definition) is 7. The molecule has 2 aromatic heterocycles. The Hall–Kier alpha value is -3.53. The SMILES string of the molecule is CCCCCCn1c(SCC2=C(C(=O)OCC)C(c3ccco3)NC(=O)N2)nc2ccccc2c1=O. The average Bonchev–Trinajstić information content (AvgIpc) is 3.41. The smallest absolute Gasteiger partial charge is 0.338 e. The molecular formula is C26H30N4O5S. The number of carbonyl (C=O) groups excluding carboxylic acids is 2. The van der Waals surface area contributed by atoms with E-state index in [1.807, 2.05) is 18.2 Å². The van der Waals surface area contributed by atoms with E-state index in [0.29, 0.717) is 34.1 Å². The Morgan fingerprint density at radius 2 is 1.97 bits per heavy atom. The highest BCUT2D eigenvalue weighted by Crippen LogP contribution is 2.31. The van der Waals surface area contributed by atoms with Crippen LogP contribution < -0.4 is 16.2 Å². The summed E-state index contributed by atoms with van der Waals surface area (Å²) < 4.78 is 12.5. The molecule has 0 bridgehead atoms. The van der Waals surface area contributed by atoms with Crippen LogP contribution in [0.4, 0.5) is 4.79 Å². The maximum Gasteiger partial charge on any atom is 0.338 e. The highest BCUT2D eigenvalue weighted by Gasteiger charge is 2.35. The molecule has 0 saturated carbocycles. The lowest BCUT2D eigenvalue weighted by Crippen LogP contribution is -2.46. The molecule has 1 unspecified atom stereocenters. The van der Waals surface area contributed by atoms with Gasteiger partial charge in [-0.15, -0.1) is 0 Å². The molecule has 36 heavy (non-hydrogen) atoms. The normalized spacial score (nSPS) is 15.6. The molecule has 4 rings (SSSR count). The number of thioether (sulfide) groups is 1. The number of furan rings is 1. The van der Waals surface area contributed by atoms with Gasteiger partial charge in [0.2, 0.25) is 0 Å². The van der Waals surface area contributed by atoms with Gasteiger partial charge in [-0.05, 0) is 37.6 Å². The van der Waals surface area contributed by atoms with Crippen molar-refractivity contribution in [3.63, 3.8) is 0 Å². The molecule has 0 aliphatic carbocycles. The van der Waals surface area contributed by atoms with E-state index in [4.69, 9.17) is 14.1 Å². The van der Waals surface area contributed by atoms with Crippen LogP contribution in [0.25, 0.3) is 10.9 Å². The van der Waals surface area contributed by atoms with Crippen molar-refractivity contribution in [3.05, 3.63) is 70.0 Å². The summed E-state index contributed by atoms with van der Waals surface area (Å²) in [5, 5.41) is 6.59. The summed E-state index contributed by atoms with van der Waals surface area (Å²) in [5.41, 5.74) is 1.17. The number of amides is 2. The van der Waals surface area contributed by atoms with Crippen molar-refractivity contribution in [3.8, 4) is 0 Å². The van der Waals surface area contributed by atoms with E-state index in [1.54, 1.807) is 29.7 Å². The summed E-state index contributed by atoms with van der Waals surface area (Å²) in [6.07, 6.45) is 5.56. The fourth-order valence-corrected chi connectivity index (χ4v) is 5.13. The number of benzene rings is 1. The van der Waals surface area contributed by atoms with Crippen molar-refractivity contribution >= 4 is 34.7 Å². The van der Waals surface area contributed by atoms with E-state index in [1.165, 1.54) is 18.0 Å². The minimum absolute atomic E-state index is 0.0954. The van der Waals surface area contributed by atoms with Crippen LogP contribution in [0.2, 0.25) is 0 Å². The molecule has 1 atom stereocenters. The topological polar surface area (TPSA) is 115 Å². The predicted molar refractivity (Wildman–Crippen MR) is 138 cm³/mol. The van der Waals surface area contributed by atoms with Crippen LogP contribution in [-0.2, 0) is 16.1 Å². The first kappa shape index (κ1) is 25.6. The van der Waals surface area contributed by atoms with Gasteiger partial charge in [0.05, 0.1) is 29.3 Å². The summed E-state index contributed by atoms with van der Waals surface area (Å²) in [6.45, 7) is 4.60. The third-order valence-electron chi connectivity index (χ3n) is 5.88. The Labute approximate surface area is 213 Å². The fraction of sp³-hybridized carbons (Fsp3) is 0.385. The zero-order chi connectivity index (χ0) is 25.5. The molecule has 0 fully saturated rings. The summed E-state index contributed by atoms with van der Waals surface area (Å²) in [5.74, 6) is 0.0795. The number of nitrogens with zero attached hydrogens (tertiary/aromatic N) is 2. The van der Waals surface area contributed by atoms with Crippen molar-refractivity contribution in [2.24, 2.45) is 0 Å². The maximum atomic E-state index is 13.3. The van der Waals surface area contributed by atoms with Crippen LogP contribution in [0, 0.1) is 0 Å². The lowest BCUT2D eigenvalue weighted by atomic mass is 10.0. The Kier molecular flexibility index (Phi) is 8.48. The van der Waals surface area contributed by atoms with Gasteiger partial charge >= 0.3 is 12.0 Å². The molecule has 190 valence electrons. The second-order valence-electron chi connectivity index (χ2n) is 8.38. The first-order valence-electron chi connectivity index (χ1n) is 12.2. The number of para-hydroxylation sites is 1. The number of carbonyl (C=O) groups is 2. The van der Waals surface area contributed by atoms with Gasteiger partial charge in [0.25, 0.3) is 5.56 Å². The molecule has 1 aromatic carbocycles. The highest BCUT2D eigenvalue weighted by atomic mass is 32.2. The van der Waals surface area contributed by atoms with Gasteiger partial charge in [0.1, 0.15) is 11.8 Å². The zero-order valence-electron chi connectivity index (χ0n) is 20.4. The lowest BCUT2D eigenvalue weighted by Gasteiger charge is -2.27. The van der Waals surface area contributed by atoms with Gasteiger partial charge in [-0.25, -0.2) is 14.6 Å². The minimum atomic E-state index is -0.788. The molecule has 0 saturated heterocycles. The molecule has 1 aliphatic heterocycles. The monoisotopic (exact) mass is 510 g/mol. The average molecular weight is 511 g/mol. The third-order valence-corrected chi connectivity index (χ3v) is 6.89. The standard InChI is InChI=1S/C26H30N4O5S/c1-3-5-6-9-14-30-23(31)17-11-7-8-12-18(17)28-26(30)36-16-19-21(24(32)34-4-2)22(29-25(33)27-19)20-13-10-15-35-20/h7-8,10-13,15,22H,3-6,9,14,16H2,1-2H3,(H2,27,29,33). The zero-order valence-corrected chi connectivity index (χ0v) is 21.2. The summed E-state index contributed by atoms with van der Waals surface area (Å²) in [7, 11) is 0. The Morgan fingerprint density at radius 1 is 1.14 bits per heavy atom. The molecular weight excluding hydrogens is 480 g/mol. The third kappa shape index (κ3) is 5.64. The van der Waals surface area contributed by atoms with Crippen molar-refractivity contribution < 1.29 is 18.7 Å².